The number of fused-ring (bicyclic) bond motifs is 1. The Hall–Kier alpha value is -1.06. The van der Waals surface area contributed by atoms with Crippen molar-refractivity contribution in [2.75, 3.05) is 13.7 Å². The van der Waals surface area contributed by atoms with E-state index in [1.165, 1.54) is 36.9 Å². The number of methoxy groups -OCH3 is 1. The zero-order valence-corrected chi connectivity index (χ0v) is 13.5. The van der Waals surface area contributed by atoms with Gasteiger partial charge in [0, 0.05) is 24.7 Å². The summed E-state index contributed by atoms with van der Waals surface area (Å²) in [5.41, 5.74) is 9.33. The van der Waals surface area contributed by atoms with E-state index in [1.54, 1.807) is 7.11 Å². The molecule has 0 bridgehead atoms. The molecule has 1 heterocycles. The fourth-order valence-corrected chi connectivity index (χ4v) is 4.10. The van der Waals surface area contributed by atoms with Crippen molar-refractivity contribution in [2.24, 2.45) is 11.7 Å². The molecule has 116 valence electrons. The molecule has 3 rings (SSSR count). The molecule has 1 aromatic rings. The van der Waals surface area contributed by atoms with Crippen LogP contribution in [0.5, 0.6) is 5.75 Å². The summed E-state index contributed by atoms with van der Waals surface area (Å²) in [6.07, 6.45) is 4.94. The van der Waals surface area contributed by atoms with E-state index in [0.29, 0.717) is 12.1 Å². The summed E-state index contributed by atoms with van der Waals surface area (Å²) < 4.78 is 5.34. The molecule has 1 fully saturated rings. The van der Waals surface area contributed by atoms with Gasteiger partial charge in [0.1, 0.15) is 5.75 Å². The molecule has 4 unspecified atom stereocenters. The van der Waals surface area contributed by atoms with Gasteiger partial charge in [-0.05, 0) is 61.8 Å². The molecule has 4 atom stereocenters. The lowest BCUT2D eigenvalue weighted by molar-refractivity contribution is 0.0559. The highest BCUT2D eigenvalue weighted by atomic mass is 16.5. The minimum absolute atomic E-state index is 0.132. The van der Waals surface area contributed by atoms with Gasteiger partial charge in [-0.2, -0.15) is 0 Å². The highest BCUT2D eigenvalue weighted by Crippen LogP contribution is 2.36. The number of piperidine rings is 1. The van der Waals surface area contributed by atoms with Gasteiger partial charge in [-0.1, -0.05) is 13.0 Å². The van der Waals surface area contributed by atoms with Gasteiger partial charge in [0.05, 0.1) is 7.11 Å². The van der Waals surface area contributed by atoms with E-state index in [4.69, 9.17) is 10.5 Å². The van der Waals surface area contributed by atoms with Crippen LogP contribution >= 0.6 is 0 Å². The lowest BCUT2D eigenvalue weighted by atomic mass is 9.81. The van der Waals surface area contributed by atoms with Crippen LogP contribution in [0.15, 0.2) is 18.2 Å². The van der Waals surface area contributed by atoms with E-state index in [0.717, 1.165) is 18.1 Å². The molecule has 1 saturated heterocycles. The molecule has 1 aliphatic carbocycles. The number of nitrogens with two attached hydrogens (primary N) is 1. The van der Waals surface area contributed by atoms with E-state index < -0.39 is 0 Å². The van der Waals surface area contributed by atoms with Crippen LogP contribution in [0.25, 0.3) is 0 Å². The number of ether oxygens (including phenoxy) is 1. The maximum Gasteiger partial charge on any atom is 0.119 e. The maximum absolute atomic E-state index is 6.64. The Morgan fingerprint density at radius 2 is 2.00 bits per heavy atom. The fourth-order valence-electron chi connectivity index (χ4n) is 4.10. The van der Waals surface area contributed by atoms with Crippen LogP contribution in [0.3, 0.4) is 0 Å². The first-order chi connectivity index (χ1) is 10.1. The summed E-state index contributed by atoms with van der Waals surface area (Å²) in [6, 6.07) is 7.66. The van der Waals surface area contributed by atoms with Crippen LogP contribution in [0, 0.1) is 5.92 Å². The molecule has 0 amide bonds. The van der Waals surface area contributed by atoms with Gasteiger partial charge in [-0.25, -0.2) is 0 Å². The molecule has 1 aromatic carbocycles. The van der Waals surface area contributed by atoms with Crippen molar-refractivity contribution in [3.05, 3.63) is 29.3 Å². The third-order valence-electron chi connectivity index (χ3n) is 5.43. The van der Waals surface area contributed by atoms with Gasteiger partial charge >= 0.3 is 0 Å². The monoisotopic (exact) mass is 288 g/mol. The minimum atomic E-state index is 0.132. The third-order valence-corrected chi connectivity index (χ3v) is 5.43. The lowest BCUT2D eigenvalue weighted by Crippen LogP contribution is -2.52. The highest BCUT2D eigenvalue weighted by Gasteiger charge is 2.35. The van der Waals surface area contributed by atoms with Crippen LogP contribution in [0.4, 0.5) is 0 Å². The molecule has 0 radical (unpaired) electrons. The summed E-state index contributed by atoms with van der Waals surface area (Å²) in [6.45, 7) is 5.93. The Bertz CT molecular complexity index is 502. The van der Waals surface area contributed by atoms with Crippen LogP contribution < -0.4 is 10.5 Å². The SMILES string of the molecule is COc1ccc2c(c1)CCC(N1CC(C)CCC1C)C2N. The fraction of sp³-hybridized carbons (Fsp3) is 0.667. The van der Waals surface area contributed by atoms with Crippen LogP contribution in [-0.2, 0) is 6.42 Å². The van der Waals surface area contributed by atoms with E-state index in [1.807, 2.05) is 6.07 Å². The molecule has 2 aliphatic rings. The Balaban J connectivity index is 1.83. The predicted octanol–water partition coefficient (Wildman–Crippen LogP) is 3.13. The van der Waals surface area contributed by atoms with E-state index in [9.17, 15) is 0 Å². The van der Waals surface area contributed by atoms with Crippen LogP contribution in [0.2, 0.25) is 0 Å². The summed E-state index contributed by atoms with van der Waals surface area (Å²) in [7, 11) is 1.73. The van der Waals surface area contributed by atoms with Gasteiger partial charge in [-0.3, -0.25) is 4.90 Å². The molecule has 2 N–H and O–H groups in total. The quantitative estimate of drug-likeness (QED) is 0.908. The van der Waals surface area contributed by atoms with Crippen molar-refractivity contribution in [3.63, 3.8) is 0 Å². The van der Waals surface area contributed by atoms with Crippen molar-refractivity contribution in [3.8, 4) is 5.75 Å². The average Bonchev–Trinajstić information content (AvgIpc) is 2.50. The minimum Gasteiger partial charge on any atom is -0.497 e. The summed E-state index contributed by atoms with van der Waals surface area (Å²) in [5, 5.41) is 0. The first kappa shape index (κ1) is 14.9. The molecule has 0 aromatic heterocycles. The lowest BCUT2D eigenvalue weighted by Gasteiger charge is -2.46. The number of hydrogen-bond acceptors (Lipinski definition) is 3. The zero-order chi connectivity index (χ0) is 15.0. The standard InChI is InChI=1S/C18H28N2O/c1-12-4-5-13(2)20(11-12)17-9-6-14-10-15(21-3)7-8-16(14)18(17)19/h7-8,10,12-13,17-18H,4-6,9,11,19H2,1-3H3. The molecule has 21 heavy (non-hydrogen) atoms. The molecule has 0 saturated carbocycles. The topological polar surface area (TPSA) is 38.5 Å². The second-order valence-electron chi connectivity index (χ2n) is 6.92. The second kappa shape index (κ2) is 5.98. The summed E-state index contributed by atoms with van der Waals surface area (Å²) >= 11 is 0. The second-order valence-corrected chi connectivity index (χ2v) is 6.92. The molecule has 0 spiro atoms. The van der Waals surface area contributed by atoms with Crippen molar-refractivity contribution < 1.29 is 4.74 Å². The Kier molecular flexibility index (Phi) is 4.23. The van der Waals surface area contributed by atoms with Gasteiger partial charge in [0.15, 0.2) is 0 Å². The Morgan fingerprint density at radius 1 is 1.19 bits per heavy atom. The van der Waals surface area contributed by atoms with E-state index in [2.05, 4.69) is 30.9 Å². The van der Waals surface area contributed by atoms with Crippen molar-refractivity contribution >= 4 is 0 Å². The number of benzene rings is 1. The van der Waals surface area contributed by atoms with Gasteiger partial charge in [-0.15, -0.1) is 0 Å². The normalized spacial score (nSPS) is 33.5. The molecule has 3 nitrogen and oxygen atoms in total. The Morgan fingerprint density at radius 3 is 2.76 bits per heavy atom. The van der Waals surface area contributed by atoms with Crippen molar-refractivity contribution in [1.82, 2.24) is 4.90 Å². The predicted molar refractivity (Wildman–Crippen MR) is 86.6 cm³/mol. The number of rotatable bonds is 2. The van der Waals surface area contributed by atoms with E-state index >= 15 is 0 Å². The molecule has 1 aliphatic heterocycles. The Labute approximate surface area is 128 Å². The first-order valence-electron chi connectivity index (χ1n) is 8.28. The maximum atomic E-state index is 6.64. The summed E-state index contributed by atoms with van der Waals surface area (Å²) in [5.74, 6) is 1.74. The summed E-state index contributed by atoms with van der Waals surface area (Å²) in [4.78, 5) is 2.67. The van der Waals surface area contributed by atoms with Crippen LogP contribution in [-0.4, -0.2) is 30.6 Å². The van der Waals surface area contributed by atoms with Crippen molar-refractivity contribution in [2.45, 2.75) is 57.7 Å². The third kappa shape index (κ3) is 2.82. The average molecular weight is 288 g/mol. The number of aryl methyl sites for hydroxylation is 1. The largest absolute Gasteiger partial charge is 0.497 e. The van der Waals surface area contributed by atoms with Crippen LogP contribution in [0.1, 0.15) is 50.3 Å². The van der Waals surface area contributed by atoms with Crippen molar-refractivity contribution in [1.29, 1.82) is 0 Å². The van der Waals surface area contributed by atoms with Gasteiger partial charge < -0.3 is 10.5 Å². The zero-order valence-electron chi connectivity index (χ0n) is 13.5. The molecular weight excluding hydrogens is 260 g/mol. The number of hydrogen-bond donors (Lipinski definition) is 1. The van der Waals surface area contributed by atoms with Gasteiger partial charge in [0.2, 0.25) is 0 Å². The highest BCUT2D eigenvalue weighted by molar-refractivity contribution is 5.40. The van der Waals surface area contributed by atoms with E-state index in [-0.39, 0.29) is 6.04 Å². The molecule has 3 heteroatoms. The molecular formula is C18H28N2O. The number of nitrogens with zero attached hydrogens (tertiary/aromatic N) is 1. The number of likely N-dealkylation sites (tertiary alicyclic amines) is 1. The van der Waals surface area contributed by atoms with Gasteiger partial charge in [0.25, 0.3) is 0 Å². The first-order valence-corrected chi connectivity index (χ1v) is 8.28. The smallest absolute Gasteiger partial charge is 0.119 e.